The summed E-state index contributed by atoms with van der Waals surface area (Å²) < 4.78 is 15.7. The van der Waals surface area contributed by atoms with Gasteiger partial charge >= 0.3 is 0 Å². The molecule has 28 heavy (non-hydrogen) atoms. The van der Waals surface area contributed by atoms with Gasteiger partial charge in [0.2, 0.25) is 0 Å². The van der Waals surface area contributed by atoms with Crippen LogP contribution in [0.2, 0.25) is 0 Å². The molecule has 2 heterocycles. The number of piperidine rings is 1. The second-order valence-electron chi connectivity index (χ2n) is 7.03. The summed E-state index contributed by atoms with van der Waals surface area (Å²) in [5, 5.41) is 13.5. The molecule has 2 N–H and O–H groups in total. The maximum atomic E-state index is 13.6. The highest BCUT2D eigenvalue weighted by Crippen LogP contribution is 2.28. The van der Waals surface area contributed by atoms with Gasteiger partial charge in [0.15, 0.2) is 0 Å². The smallest absolute Gasteiger partial charge is 0.123 e. The Balaban J connectivity index is 0.00000140. The minimum atomic E-state index is -0.238. The molecule has 1 aliphatic rings. The van der Waals surface area contributed by atoms with Crippen LogP contribution < -0.4 is 5.32 Å². The van der Waals surface area contributed by atoms with E-state index in [1.54, 1.807) is 12.1 Å². The second-order valence-corrected chi connectivity index (χ2v) is 7.03. The lowest BCUT2D eigenvalue weighted by molar-refractivity contribution is 0.0909. The van der Waals surface area contributed by atoms with Gasteiger partial charge in [-0.1, -0.05) is 24.3 Å². The predicted octanol–water partition coefficient (Wildman–Crippen LogP) is 4.58. The number of aryl methyl sites for hydroxylation is 1. The topological polar surface area (TPSA) is 50.1 Å². The number of fused-ring (bicyclic) bond motifs is 1. The molecule has 0 aliphatic carbocycles. The number of para-hydroxylation sites is 1. The molecular weight excluding hydrogens is 400 g/mol. The molecule has 2 aromatic carbocycles. The van der Waals surface area contributed by atoms with Gasteiger partial charge in [-0.3, -0.25) is 0 Å². The number of nitrogens with zero attached hydrogens (tertiary/aromatic N) is 2. The Hall–Kier alpha value is -1.66. The van der Waals surface area contributed by atoms with Crippen molar-refractivity contribution in [1.82, 2.24) is 14.9 Å². The second kappa shape index (κ2) is 10.2. The Labute approximate surface area is 177 Å². The van der Waals surface area contributed by atoms with Crippen molar-refractivity contribution in [2.45, 2.75) is 44.4 Å². The lowest BCUT2D eigenvalue weighted by Gasteiger charge is -2.29. The molecule has 7 heteroatoms. The fraction of sp³-hybridized carbons (Fsp3) is 0.381. The molecule has 1 aromatic heterocycles. The summed E-state index contributed by atoms with van der Waals surface area (Å²) in [6, 6.07) is 12.9. The molecule has 1 fully saturated rings. The summed E-state index contributed by atoms with van der Waals surface area (Å²) in [4.78, 5) is 4.58. The zero-order valence-corrected chi connectivity index (χ0v) is 17.2. The largest absolute Gasteiger partial charge is 0.392 e. The molecule has 0 unspecified atom stereocenters. The van der Waals surface area contributed by atoms with Crippen LogP contribution in [0.25, 0.3) is 22.2 Å². The highest BCUT2D eigenvalue weighted by atomic mass is 35.5. The van der Waals surface area contributed by atoms with E-state index in [0.717, 1.165) is 60.9 Å². The number of benzene rings is 2. The predicted molar refractivity (Wildman–Crippen MR) is 116 cm³/mol. The third-order valence-corrected chi connectivity index (χ3v) is 5.25. The van der Waals surface area contributed by atoms with Gasteiger partial charge in [-0.05, 0) is 56.0 Å². The van der Waals surface area contributed by atoms with Crippen LogP contribution in [0.1, 0.15) is 25.7 Å². The van der Waals surface area contributed by atoms with Crippen molar-refractivity contribution in [3.8, 4) is 11.1 Å². The van der Waals surface area contributed by atoms with E-state index in [9.17, 15) is 9.50 Å². The number of aliphatic hydroxyl groups excluding tert-OH is 1. The first kappa shape index (κ1) is 22.6. The van der Waals surface area contributed by atoms with Crippen LogP contribution in [0.15, 0.2) is 48.8 Å². The molecule has 0 radical (unpaired) electrons. The minimum absolute atomic E-state index is 0. The summed E-state index contributed by atoms with van der Waals surface area (Å²) in [6.07, 6.45) is 5.49. The molecule has 0 spiro atoms. The van der Waals surface area contributed by atoms with Gasteiger partial charge in [-0.15, -0.1) is 24.8 Å². The van der Waals surface area contributed by atoms with Crippen LogP contribution in [0.4, 0.5) is 4.39 Å². The van der Waals surface area contributed by atoms with E-state index >= 15 is 0 Å². The van der Waals surface area contributed by atoms with Gasteiger partial charge in [-0.2, -0.15) is 0 Å². The number of aromatic nitrogens is 2. The lowest BCUT2D eigenvalue weighted by atomic mass is 9.97. The number of nitrogens with one attached hydrogen (secondary N) is 1. The van der Waals surface area contributed by atoms with Crippen molar-refractivity contribution in [3.63, 3.8) is 0 Å². The lowest BCUT2D eigenvalue weighted by Crippen LogP contribution is -2.44. The SMILES string of the molecule is Cl.Cl.O[C@H]1CCCN[C@@H]1CCCn1cnc2c(-c3cccc(F)c3)cccc21. The highest BCUT2D eigenvalue weighted by Gasteiger charge is 2.21. The molecule has 2 atom stereocenters. The molecule has 4 rings (SSSR count). The first-order valence-electron chi connectivity index (χ1n) is 9.33. The molecule has 3 aromatic rings. The summed E-state index contributed by atoms with van der Waals surface area (Å²) >= 11 is 0. The van der Waals surface area contributed by atoms with Gasteiger partial charge in [0, 0.05) is 18.2 Å². The number of imidazole rings is 1. The van der Waals surface area contributed by atoms with Crippen LogP contribution in [-0.2, 0) is 6.54 Å². The van der Waals surface area contributed by atoms with E-state index in [1.165, 1.54) is 6.07 Å². The van der Waals surface area contributed by atoms with Crippen molar-refractivity contribution in [3.05, 3.63) is 54.6 Å². The van der Waals surface area contributed by atoms with Gasteiger partial charge in [0.1, 0.15) is 5.82 Å². The fourth-order valence-corrected chi connectivity index (χ4v) is 3.87. The first-order chi connectivity index (χ1) is 12.7. The van der Waals surface area contributed by atoms with Crippen LogP contribution in [-0.4, -0.2) is 33.3 Å². The maximum Gasteiger partial charge on any atom is 0.123 e. The van der Waals surface area contributed by atoms with E-state index in [4.69, 9.17) is 0 Å². The molecular formula is C21H26Cl2FN3O. The third kappa shape index (κ3) is 4.84. The normalized spacial score (nSPS) is 19.1. The average Bonchev–Trinajstić information content (AvgIpc) is 3.06. The van der Waals surface area contributed by atoms with E-state index in [2.05, 4.69) is 20.9 Å². The van der Waals surface area contributed by atoms with Gasteiger partial charge in [0.05, 0.1) is 23.5 Å². The molecule has 152 valence electrons. The van der Waals surface area contributed by atoms with Crippen LogP contribution in [0, 0.1) is 5.82 Å². The Kier molecular flexibility index (Phi) is 8.25. The van der Waals surface area contributed by atoms with Crippen LogP contribution in [0.3, 0.4) is 0 Å². The van der Waals surface area contributed by atoms with Gasteiger partial charge in [-0.25, -0.2) is 9.37 Å². The van der Waals surface area contributed by atoms with Crippen LogP contribution >= 0.6 is 24.8 Å². The standard InChI is InChI=1S/C21H24FN3O.2ClH/c22-16-6-1-5-15(13-16)17-7-2-9-19-21(17)24-14-25(19)12-4-8-18-20(26)10-3-11-23-18;;/h1-2,5-7,9,13-14,18,20,23,26H,3-4,8,10-12H2;2*1H/t18-,20+;;/m1../s1. The third-order valence-electron chi connectivity index (χ3n) is 5.25. The summed E-state index contributed by atoms with van der Waals surface area (Å²) in [5.41, 5.74) is 3.75. The quantitative estimate of drug-likeness (QED) is 0.628. The molecule has 4 nitrogen and oxygen atoms in total. The van der Waals surface area contributed by atoms with E-state index in [-0.39, 0.29) is 42.8 Å². The van der Waals surface area contributed by atoms with Crippen molar-refractivity contribution in [2.24, 2.45) is 0 Å². The number of halogens is 3. The highest BCUT2D eigenvalue weighted by molar-refractivity contribution is 5.92. The van der Waals surface area contributed by atoms with Crippen LogP contribution in [0.5, 0.6) is 0 Å². The summed E-state index contributed by atoms with van der Waals surface area (Å²) in [5.74, 6) is -0.238. The number of hydrogen-bond acceptors (Lipinski definition) is 3. The van der Waals surface area contributed by atoms with Gasteiger partial charge in [0.25, 0.3) is 0 Å². The van der Waals surface area contributed by atoms with E-state index < -0.39 is 0 Å². The number of rotatable bonds is 5. The van der Waals surface area contributed by atoms with Crippen molar-refractivity contribution < 1.29 is 9.50 Å². The van der Waals surface area contributed by atoms with Crippen molar-refractivity contribution >= 4 is 35.8 Å². The zero-order valence-electron chi connectivity index (χ0n) is 15.6. The van der Waals surface area contributed by atoms with Gasteiger partial charge < -0.3 is 15.0 Å². The van der Waals surface area contributed by atoms with Crippen molar-refractivity contribution in [2.75, 3.05) is 6.54 Å². The average molecular weight is 426 g/mol. The Morgan fingerprint density at radius 2 is 2.00 bits per heavy atom. The first-order valence-corrected chi connectivity index (χ1v) is 9.33. The molecule has 1 aliphatic heterocycles. The molecule has 0 saturated carbocycles. The number of aliphatic hydroxyl groups is 1. The summed E-state index contributed by atoms with van der Waals surface area (Å²) in [6.45, 7) is 1.85. The minimum Gasteiger partial charge on any atom is -0.392 e. The molecule has 1 saturated heterocycles. The molecule has 0 bridgehead atoms. The van der Waals surface area contributed by atoms with E-state index in [1.807, 2.05) is 24.5 Å². The fourth-order valence-electron chi connectivity index (χ4n) is 3.87. The Bertz CT molecular complexity index is 902. The zero-order chi connectivity index (χ0) is 17.9. The molecule has 0 amide bonds. The summed E-state index contributed by atoms with van der Waals surface area (Å²) in [7, 11) is 0. The monoisotopic (exact) mass is 425 g/mol. The Morgan fingerprint density at radius 1 is 1.18 bits per heavy atom. The van der Waals surface area contributed by atoms with E-state index in [0.29, 0.717) is 0 Å². The number of hydrogen-bond donors (Lipinski definition) is 2. The maximum absolute atomic E-state index is 13.6. The van der Waals surface area contributed by atoms with Crippen molar-refractivity contribution in [1.29, 1.82) is 0 Å². The Morgan fingerprint density at radius 3 is 2.79 bits per heavy atom.